The van der Waals surface area contributed by atoms with E-state index in [-0.39, 0.29) is 5.54 Å². The van der Waals surface area contributed by atoms with Crippen LogP contribution in [-0.4, -0.2) is 22.1 Å². The Morgan fingerprint density at radius 2 is 1.94 bits per heavy atom. The molecule has 4 nitrogen and oxygen atoms in total. The van der Waals surface area contributed by atoms with Crippen molar-refractivity contribution in [1.82, 2.24) is 9.97 Å². The van der Waals surface area contributed by atoms with Gasteiger partial charge < -0.3 is 10.5 Å². The monoisotopic (exact) mass is 221 g/mol. The van der Waals surface area contributed by atoms with Gasteiger partial charge >= 0.3 is 0 Å². The van der Waals surface area contributed by atoms with Crippen molar-refractivity contribution in [1.29, 1.82) is 0 Å². The van der Waals surface area contributed by atoms with E-state index >= 15 is 0 Å². The molecule has 1 aromatic rings. The van der Waals surface area contributed by atoms with Crippen molar-refractivity contribution >= 4 is 0 Å². The third kappa shape index (κ3) is 2.70. The Bertz CT molecular complexity index is 348. The van der Waals surface area contributed by atoms with Crippen LogP contribution in [0.5, 0.6) is 5.88 Å². The number of nitrogens with zero attached hydrogens (tertiary/aromatic N) is 2. The summed E-state index contributed by atoms with van der Waals surface area (Å²) in [5.41, 5.74) is 6.94. The summed E-state index contributed by atoms with van der Waals surface area (Å²) >= 11 is 0. The number of hydrogen-bond donors (Lipinski definition) is 1. The first-order valence-corrected chi connectivity index (χ1v) is 5.89. The zero-order valence-corrected chi connectivity index (χ0v) is 9.78. The highest BCUT2D eigenvalue weighted by atomic mass is 16.5. The van der Waals surface area contributed by atoms with Crippen LogP contribution in [0.15, 0.2) is 12.4 Å². The maximum atomic E-state index is 6.28. The molecule has 1 aromatic heterocycles. The minimum Gasteiger partial charge on any atom is -0.474 e. The minimum absolute atomic E-state index is 0.164. The topological polar surface area (TPSA) is 61.0 Å². The van der Waals surface area contributed by atoms with E-state index in [1.807, 2.05) is 6.92 Å². The molecular weight excluding hydrogens is 202 g/mol. The molecule has 2 rings (SSSR count). The van der Waals surface area contributed by atoms with Crippen LogP contribution in [0.25, 0.3) is 0 Å². The summed E-state index contributed by atoms with van der Waals surface area (Å²) in [6.45, 7) is 2.44. The summed E-state index contributed by atoms with van der Waals surface area (Å²) in [6.07, 6.45) is 9.12. The van der Waals surface area contributed by atoms with Gasteiger partial charge in [0.15, 0.2) is 0 Å². The lowest BCUT2D eigenvalue weighted by atomic mass is 9.83. The molecule has 0 atom stereocenters. The van der Waals surface area contributed by atoms with Crippen LogP contribution in [0.1, 0.15) is 37.8 Å². The standard InChI is InChI=1S/C12H19N3O/c1-10-11(15-8-7-14-10)16-9-12(13)5-3-2-4-6-12/h7-8H,2-6,9,13H2,1H3. The highest BCUT2D eigenvalue weighted by molar-refractivity contribution is 5.15. The van der Waals surface area contributed by atoms with Gasteiger partial charge in [0, 0.05) is 12.4 Å². The summed E-state index contributed by atoms with van der Waals surface area (Å²) in [4.78, 5) is 8.29. The Morgan fingerprint density at radius 3 is 2.62 bits per heavy atom. The molecule has 1 aliphatic rings. The fraction of sp³-hybridized carbons (Fsp3) is 0.667. The zero-order valence-electron chi connectivity index (χ0n) is 9.78. The molecule has 0 radical (unpaired) electrons. The van der Waals surface area contributed by atoms with E-state index in [4.69, 9.17) is 10.5 Å². The van der Waals surface area contributed by atoms with Gasteiger partial charge in [-0.15, -0.1) is 0 Å². The van der Waals surface area contributed by atoms with Gasteiger partial charge in [-0.3, -0.25) is 4.98 Å². The fourth-order valence-corrected chi connectivity index (χ4v) is 2.15. The van der Waals surface area contributed by atoms with Gasteiger partial charge in [0.1, 0.15) is 6.61 Å². The molecule has 0 spiro atoms. The highest BCUT2D eigenvalue weighted by Crippen LogP contribution is 2.26. The first-order valence-electron chi connectivity index (χ1n) is 5.89. The van der Waals surface area contributed by atoms with E-state index in [1.165, 1.54) is 19.3 Å². The van der Waals surface area contributed by atoms with Crippen molar-refractivity contribution in [3.8, 4) is 5.88 Å². The number of rotatable bonds is 3. The molecule has 0 amide bonds. The van der Waals surface area contributed by atoms with Crippen LogP contribution in [0.2, 0.25) is 0 Å². The molecular formula is C12H19N3O. The van der Waals surface area contributed by atoms with Gasteiger partial charge in [-0.25, -0.2) is 4.98 Å². The Hall–Kier alpha value is -1.16. The Balaban J connectivity index is 1.94. The van der Waals surface area contributed by atoms with Crippen molar-refractivity contribution in [3.05, 3.63) is 18.1 Å². The first kappa shape index (κ1) is 11.3. The number of aromatic nitrogens is 2. The van der Waals surface area contributed by atoms with Crippen molar-refractivity contribution < 1.29 is 4.74 Å². The lowest BCUT2D eigenvalue weighted by molar-refractivity contribution is 0.167. The number of ether oxygens (including phenoxy) is 1. The highest BCUT2D eigenvalue weighted by Gasteiger charge is 2.28. The lowest BCUT2D eigenvalue weighted by Gasteiger charge is -2.32. The van der Waals surface area contributed by atoms with Gasteiger partial charge in [0.2, 0.25) is 5.88 Å². The maximum absolute atomic E-state index is 6.28. The van der Waals surface area contributed by atoms with Gasteiger partial charge in [0.05, 0.1) is 11.2 Å². The number of aryl methyl sites for hydroxylation is 1. The second kappa shape index (κ2) is 4.78. The van der Waals surface area contributed by atoms with Crippen LogP contribution in [-0.2, 0) is 0 Å². The van der Waals surface area contributed by atoms with Crippen LogP contribution < -0.4 is 10.5 Å². The molecule has 1 fully saturated rings. The summed E-state index contributed by atoms with van der Waals surface area (Å²) in [6, 6.07) is 0. The Kier molecular flexibility index (Phi) is 3.39. The van der Waals surface area contributed by atoms with E-state index in [1.54, 1.807) is 12.4 Å². The minimum atomic E-state index is -0.164. The average molecular weight is 221 g/mol. The maximum Gasteiger partial charge on any atom is 0.235 e. The van der Waals surface area contributed by atoms with Gasteiger partial charge in [-0.05, 0) is 19.8 Å². The molecule has 16 heavy (non-hydrogen) atoms. The number of hydrogen-bond acceptors (Lipinski definition) is 4. The Labute approximate surface area is 96.2 Å². The molecule has 0 aliphatic heterocycles. The third-order valence-electron chi connectivity index (χ3n) is 3.18. The molecule has 4 heteroatoms. The average Bonchev–Trinajstić information content (AvgIpc) is 2.29. The normalized spacial score (nSPS) is 19.4. The smallest absolute Gasteiger partial charge is 0.235 e. The van der Waals surface area contributed by atoms with Gasteiger partial charge in [0.25, 0.3) is 0 Å². The largest absolute Gasteiger partial charge is 0.474 e. The van der Waals surface area contributed by atoms with E-state index in [0.29, 0.717) is 12.5 Å². The van der Waals surface area contributed by atoms with E-state index in [0.717, 1.165) is 18.5 Å². The molecule has 0 bridgehead atoms. The van der Waals surface area contributed by atoms with Crippen LogP contribution in [0.3, 0.4) is 0 Å². The van der Waals surface area contributed by atoms with Crippen LogP contribution >= 0.6 is 0 Å². The molecule has 0 aromatic carbocycles. The second-order valence-electron chi connectivity index (χ2n) is 4.66. The molecule has 0 saturated heterocycles. The summed E-state index contributed by atoms with van der Waals surface area (Å²) in [7, 11) is 0. The van der Waals surface area contributed by atoms with E-state index < -0.39 is 0 Å². The van der Waals surface area contributed by atoms with Crippen molar-refractivity contribution in [2.24, 2.45) is 5.73 Å². The van der Waals surface area contributed by atoms with Gasteiger partial charge in [-0.2, -0.15) is 0 Å². The summed E-state index contributed by atoms with van der Waals surface area (Å²) in [5.74, 6) is 0.609. The summed E-state index contributed by atoms with van der Waals surface area (Å²) in [5, 5.41) is 0. The zero-order chi connectivity index (χ0) is 11.4. The SMILES string of the molecule is Cc1nccnc1OCC1(N)CCCCC1. The van der Waals surface area contributed by atoms with E-state index in [2.05, 4.69) is 9.97 Å². The molecule has 88 valence electrons. The third-order valence-corrected chi connectivity index (χ3v) is 3.18. The molecule has 1 heterocycles. The van der Waals surface area contributed by atoms with Crippen molar-refractivity contribution in [2.45, 2.75) is 44.6 Å². The second-order valence-corrected chi connectivity index (χ2v) is 4.66. The quantitative estimate of drug-likeness (QED) is 0.845. The number of nitrogens with two attached hydrogens (primary N) is 1. The molecule has 0 unspecified atom stereocenters. The predicted molar refractivity (Wildman–Crippen MR) is 62.3 cm³/mol. The first-order chi connectivity index (χ1) is 7.70. The van der Waals surface area contributed by atoms with Crippen LogP contribution in [0.4, 0.5) is 0 Å². The lowest BCUT2D eigenvalue weighted by Crippen LogP contribution is -2.47. The van der Waals surface area contributed by atoms with Gasteiger partial charge in [-0.1, -0.05) is 19.3 Å². The predicted octanol–water partition coefficient (Wildman–Crippen LogP) is 1.83. The Morgan fingerprint density at radius 1 is 1.25 bits per heavy atom. The van der Waals surface area contributed by atoms with E-state index in [9.17, 15) is 0 Å². The van der Waals surface area contributed by atoms with Crippen molar-refractivity contribution in [2.75, 3.05) is 6.61 Å². The summed E-state index contributed by atoms with van der Waals surface area (Å²) < 4.78 is 5.68. The van der Waals surface area contributed by atoms with Crippen LogP contribution in [0, 0.1) is 6.92 Å². The molecule has 2 N–H and O–H groups in total. The molecule has 1 aliphatic carbocycles. The fourth-order valence-electron chi connectivity index (χ4n) is 2.15. The molecule has 1 saturated carbocycles. The van der Waals surface area contributed by atoms with Crippen molar-refractivity contribution in [3.63, 3.8) is 0 Å².